The summed E-state index contributed by atoms with van der Waals surface area (Å²) in [5.74, 6) is -3.85. The van der Waals surface area contributed by atoms with E-state index in [2.05, 4.69) is 0 Å². The molecular weight excluding hydrogens is 488 g/mol. The Morgan fingerprint density at radius 1 is 1.00 bits per heavy atom. The van der Waals surface area contributed by atoms with E-state index in [1.54, 1.807) is 25.1 Å². The van der Waals surface area contributed by atoms with Crippen LogP contribution in [0.3, 0.4) is 0 Å². The third kappa shape index (κ3) is 3.38. The number of nitro benzene ring substituents is 1. The maximum atomic E-state index is 13.8. The van der Waals surface area contributed by atoms with Gasteiger partial charge in [0.15, 0.2) is 11.6 Å². The molecule has 1 heterocycles. The molecule has 9 nitrogen and oxygen atoms in total. The summed E-state index contributed by atoms with van der Waals surface area (Å²) in [6.07, 6.45) is 3.65. The average Bonchev–Trinajstić information content (AvgIpc) is 3.15. The van der Waals surface area contributed by atoms with E-state index >= 15 is 0 Å². The van der Waals surface area contributed by atoms with Crippen LogP contribution in [0.1, 0.15) is 31.2 Å². The molecule has 4 unspecified atom stereocenters. The molecule has 1 N–H and O–H groups in total. The zero-order valence-corrected chi connectivity index (χ0v) is 20.3. The summed E-state index contributed by atoms with van der Waals surface area (Å²) in [5, 5.41) is 21.3. The highest BCUT2D eigenvalue weighted by atomic mass is 16.6. The van der Waals surface area contributed by atoms with Gasteiger partial charge < -0.3 is 5.11 Å². The lowest BCUT2D eigenvalue weighted by Crippen LogP contribution is -2.39. The molecule has 0 radical (unpaired) electrons. The molecule has 6 rings (SSSR count). The number of rotatable bonds is 3. The van der Waals surface area contributed by atoms with Gasteiger partial charge >= 0.3 is 0 Å². The second-order valence-electron chi connectivity index (χ2n) is 10.1. The molecule has 3 aliphatic carbocycles. The Morgan fingerprint density at radius 2 is 1.74 bits per heavy atom. The van der Waals surface area contributed by atoms with Crippen molar-refractivity contribution in [2.24, 2.45) is 17.8 Å². The highest BCUT2D eigenvalue weighted by Gasteiger charge is 2.56. The number of carbonyl (C=O) groups is 4. The Bertz CT molecular complexity index is 1560. The lowest BCUT2D eigenvalue weighted by molar-refractivity contribution is -0.384. The number of hydrogen-bond acceptors (Lipinski definition) is 7. The minimum Gasteiger partial charge on any atom is -0.508 e. The second-order valence-corrected chi connectivity index (χ2v) is 10.1. The van der Waals surface area contributed by atoms with Gasteiger partial charge in [-0.1, -0.05) is 23.8 Å². The van der Waals surface area contributed by atoms with E-state index in [9.17, 15) is 34.4 Å². The summed E-state index contributed by atoms with van der Waals surface area (Å²) in [7, 11) is 0. The Morgan fingerprint density at radius 3 is 2.42 bits per heavy atom. The normalized spacial score (nSPS) is 26.5. The van der Waals surface area contributed by atoms with Gasteiger partial charge in [-0.2, -0.15) is 0 Å². The number of amides is 2. The van der Waals surface area contributed by atoms with Crippen molar-refractivity contribution in [2.45, 2.75) is 25.7 Å². The van der Waals surface area contributed by atoms with Crippen LogP contribution in [0.2, 0.25) is 0 Å². The summed E-state index contributed by atoms with van der Waals surface area (Å²) in [5.41, 5.74) is 2.56. The van der Waals surface area contributed by atoms with E-state index in [4.69, 9.17) is 0 Å². The lowest BCUT2D eigenvalue weighted by atomic mass is 9.59. The fraction of sp³-hybridized carbons (Fsp3) is 0.241. The molecule has 0 bridgehead atoms. The molecule has 2 aromatic carbocycles. The van der Waals surface area contributed by atoms with Crippen LogP contribution in [-0.2, 0) is 19.2 Å². The van der Waals surface area contributed by atoms with Crippen LogP contribution in [0.25, 0.3) is 0 Å². The summed E-state index contributed by atoms with van der Waals surface area (Å²) >= 11 is 0. The van der Waals surface area contributed by atoms with Crippen molar-refractivity contribution < 1.29 is 29.2 Å². The average molecular weight is 511 g/mol. The fourth-order valence-corrected chi connectivity index (χ4v) is 6.42. The van der Waals surface area contributed by atoms with Crippen molar-refractivity contribution in [3.8, 4) is 5.75 Å². The number of nitrogens with zero attached hydrogens (tertiary/aromatic N) is 2. The van der Waals surface area contributed by atoms with Crippen LogP contribution in [0, 0.1) is 27.9 Å². The number of hydrogen-bond donors (Lipinski definition) is 1. The second kappa shape index (κ2) is 8.44. The van der Waals surface area contributed by atoms with Crippen molar-refractivity contribution in [1.82, 2.24) is 0 Å². The number of nitro groups is 1. The number of anilines is 1. The number of benzene rings is 2. The molecule has 38 heavy (non-hydrogen) atoms. The van der Waals surface area contributed by atoms with E-state index in [0.717, 1.165) is 10.5 Å². The van der Waals surface area contributed by atoms with Gasteiger partial charge in [0.05, 0.1) is 22.4 Å². The van der Waals surface area contributed by atoms with Crippen LogP contribution < -0.4 is 4.90 Å². The van der Waals surface area contributed by atoms with E-state index in [1.807, 2.05) is 6.08 Å². The molecule has 4 aliphatic rings. The third-order valence-electron chi connectivity index (χ3n) is 8.09. The van der Waals surface area contributed by atoms with Gasteiger partial charge in [-0.05, 0) is 61.6 Å². The van der Waals surface area contributed by atoms with Crippen molar-refractivity contribution in [1.29, 1.82) is 0 Å². The van der Waals surface area contributed by atoms with Crippen molar-refractivity contribution in [3.63, 3.8) is 0 Å². The number of Topliss-reactive ketones (excluding diaryl/α,β-unsaturated/α-hetero) is 1. The Hall–Kier alpha value is -4.66. The number of phenolic OH excluding ortho intramolecular Hbond substituents is 1. The highest BCUT2D eigenvalue weighted by Crippen LogP contribution is 2.55. The molecule has 1 aliphatic heterocycles. The smallest absolute Gasteiger partial charge is 0.269 e. The standard InChI is InChI=1S/C29H22N2O7/c1-14-11-23(33)22-13-21-19(24(26(22)27(14)34)15-3-2-4-18(32)12-15)9-10-20-25(21)29(36)30(28(20)35)16-5-7-17(8-6-16)31(37)38/h2-9,11-12,20-21,24-25,32H,10,13H2,1H3. The summed E-state index contributed by atoms with van der Waals surface area (Å²) in [6, 6.07) is 11.8. The minimum atomic E-state index is -0.749. The van der Waals surface area contributed by atoms with Gasteiger partial charge in [-0.3, -0.25) is 34.2 Å². The number of phenols is 1. The molecule has 0 saturated carbocycles. The number of carbonyl (C=O) groups excluding carboxylic acids is 4. The first-order chi connectivity index (χ1) is 18.2. The first-order valence-corrected chi connectivity index (χ1v) is 12.3. The maximum absolute atomic E-state index is 13.8. The largest absolute Gasteiger partial charge is 0.508 e. The minimum absolute atomic E-state index is 0.0133. The van der Waals surface area contributed by atoms with Gasteiger partial charge in [0, 0.05) is 34.8 Å². The number of aromatic hydroxyl groups is 1. The summed E-state index contributed by atoms with van der Waals surface area (Å²) < 4.78 is 0. The van der Waals surface area contributed by atoms with Gasteiger partial charge in [0.25, 0.3) is 5.69 Å². The Balaban J connectivity index is 1.45. The van der Waals surface area contributed by atoms with Gasteiger partial charge in [-0.15, -0.1) is 0 Å². The number of imide groups is 1. The zero-order valence-electron chi connectivity index (χ0n) is 20.3. The maximum Gasteiger partial charge on any atom is 0.269 e. The van der Waals surface area contributed by atoms with Gasteiger partial charge in [0.1, 0.15) is 5.75 Å². The van der Waals surface area contributed by atoms with Crippen molar-refractivity contribution >= 4 is 34.8 Å². The van der Waals surface area contributed by atoms with Gasteiger partial charge in [-0.25, -0.2) is 0 Å². The molecule has 0 spiro atoms. The third-order valence-corrected chi connectivity index (χ3v) is 8.09. The quantitative estimate of drug-likeness (QED) is 0.217. The summed E-state index contributed by atoms with van der Waals surface area (Å²) in [4.78, 5) is 65.3. The van der Waals surface area contributed by atoms with Crippen LogP contribution in [0.4, 0.5) is 11.4 Å². The molecule has 9 heteroatoms. The molecule has 1 saturated heterocycles. The molecular formula is C29H22N2O7. The van der Waals surface area contributed by atoms with Crippen molar-refractivity contribution in [3.05, 3.63) is 98.7 Å². The molecule has 190 valence electrons. The predicted molar refractivity (Wildman–Crippen MR) is 135 cm³/mol. The Labute approximate surface area is 216 Å². The Kier molecular flexibility index (Phi) is 5.27. The van der Waals surface area contributed by atoms with E-state index < -0.39 is 34.5 Å². The number of ketones is 2. The number of allylic oxidation sites excluding steroid dienone is 6. The van der Waals surface area contributed by atoms with E-state index in [0.29, 0.717) is 22.3 Å². The van der Waals surface area contributed by atoms with Gasteiger partial charge in [0.2, 0.25) is 11.8 Å². The fourth-order valence-electron chi connectivity index (χ4n) is 6.42. The summed E-state index contributed by atoms with van der Waals surface area (Å²) in [6.45, 7) is 1.60. The topological polar surface area (TPSA) is 135 Å². The molecule has 4 atom stereocenters. The molecule has 0 aromatic heterocycles. The molecule has 1 fully saturated rings. The highest BCUT2D eigenvalue weighted by molar-refractivity contribution is 6.25. The van der Waals surface area contributed by atoms with Crippen molar-refractivity contribution in [2.75, 3.05) is 4.90 Å². The van der Waals surface area contributed by atoms with Crippen LogP contribution >= 0.6 is 0 Å². The lowest BCUT2D eigenvalue weighted by Gasteiger charge is -2.42. The van der Waals surface area contributed by atoms with E-state index in [1.165, 1.54) is 36.4 Å². The van der Waals surface area contributed by atoms with Crippen LogP contribution in [0.15, 0.2) is 83.0 Å². The monoisotopic (exact) mass is 510 g/mol. The predicted octanol–water partition coefficient (Wildman–Crippen LogP) is 3.93. The van der Waals surface area contributed by atoms with Crippen LogP contribution in [-0.4, -0.2) is 33.4 Å². The zero-order chi connectivity index (χ0) is 26.9. The van der Waals surface area contributed by atoms with Crippen LogP contribution in [0.5, 0.6) is 5.75 Å². The van der Waals surface area contributed by atoms with E-state index in [-0.39, 0.29) is 47.4 Å². The number of fused-ring (bicyclic) bond motifs is 3. The SMILES string of the molecule is CC1=CC(=O)C2=C(C1=O)C(c1cccc(O)c1)C1=CCC3C(=O)N(c4ccc([N+](=O)[O-])cc4)C(=O)C3C1C2. The first kappa shape index (κ1) is 23.7. The first-order valence-electron chi connectivity index (χ1n) is 12.3. The molecule has 2 amide bonds. The molecule has 2 aromatic rings. The number of non-ortho nitro benzene ring substituents is 1.